The second-order valence-electron chi connectivity index (χ2n) is 6.89. The van der Waals surface area contributed by atoms with E-state index in [1.54, 1.807) is 31.4 Å². The molecule has 142 valence electrons. The number of hydrogen-bond acceptors (Lipinski definition) is 4. The largest absolute Gasteiger partial charge is 0.497 e. The number of sulfonamides is 1. The molecule has 0 spiro atoms. The summed E-state index contributed by atoms with van der Waals surface area (Å²) < 4.78 is 32.0. The lowest BCUT2D eigenvalue weighted by atomic mass is 10.0. The van der Waals surface area contributed by atoms with E-state index in [1.807, 2.05) is 0 Å². The number of ether oxygens (including phenoxy) is 1. The van der Waals surface area contributed by atoms with E-state index in [-0.39, 0.29) is 16.8 Å². The molecule has 26 heavy (non-hydrogen) atoms. The Bertz CT molecular complexity index is 750. The maximum Gasteiger partial charge on any atom is 0.243 e. The summed E-state index contributed by atoms with van der Waals surface area (Å²) in [6, 6.07) is 6.48. The molecule has 1 saturated heterocycles. The van der Waals surface area contributed by atoms with Gasteiger partial charge in [-0.1, -0.05) is 12.2 Å². The van der Waals surface area contributed by atoms with E-state index in [0.29, 0.717) is 44.0 Å². The molecule has 1 atom stereocenters. The Labute approximate surface area is 155 Å². The van der Waals surface area contributed by atoms with Crippen LogP contribution in [0.4, 0.5) is 0 Å². The Hall–Kier alpha value is -1.86. The normalized spacial score (nSPS) is 21.7. The summed E-state index contributed by atoms with van der Waals surface area (Å²) in [6.07, 6.45) is 8.15. The summed E-state index contributed by atoms with van der Waals surface area (Å²) in [6.45, 7) is 0.839. The number of carbonyl (C=O) groups excluding carboxylic acids is 1. The van der Waals surface area contributed by atoms with Crippen molar-refractivity contribution in [3.8, 4) is 5.75 Å². The van der Waals surface area contributed by atoms with Gasteiger partial charge in [0.15, 0.2) is 0 Å². The zero-order valence-corrected chi connectivity index (χ0v) is 15.9. The first kappa shape index (κ1) is 18.9. The summed E-state index contributed by atoms with van der Waals surface area (Å²) in [5, 5.41) is 3.06. The highest BCUT2D eigenvalue weighted by Crippen LogP contribution is 2.24. The van der Waals surface area contributed by atoms with Crippen LogP contribution in [0.15, 0.2) is 41.3 Å². The number of hydrogen-bond donors (Lipinski definition) is 1. The molecule has 0 saturated carbocycles. The van der Waals surface area contributed by atoms with Gasteiger partial charge in [0.2, 0.25) is 15.9 Å². The van der Waals surface area contributed by atoms with Crippen LogP contribution in [0.1, 0.15) is 32.1 Å². The number of allylic oxidation sites excluding steroid dienone is 2. The van der Waals surface area contributed by atoms with Crippen LogP contribution in [0.25, 0.3) is 0 Å². The number of nitrogens with one attached hydrogen (secondary N) is 1. The zero-order valence-electron chi connectivity index (χ0n) is 15.1. The first-order valence-electron chi connectivity index (χ1n) is 9.09. The third-order valence-corrected chi connectivity index (χ3v) is 6.99. The number of carbonyl (C=O) groups is 1. The molecule has 0 radical (unpaired) electrons. The predicted octanol–water partition coefficient (Wildman–Crippen LogP) is 2.32. The molecule has 1 aliphatic carbocycles. The second-order valence-corrected chi connectivity index (χ2v) is 8.83. The highest BCUT2D eigenvalue weighted by Gasteiger charge is 2.30. The third kappa shape index (κ3) is 4.45. The molecule has 1 unspecified atom stereocenters. The summed E-state index contributed by atoms with van der Waals surface area (Å²) in [5.41, 5.74) is 0. The quantitative estimate of drug-likeness (QED) is 0.771. The molecule has 6 nitrogen and oxygen atoms in total. The van der Waals surface area contributed by atoms with Crippen LogP contribution in [0, 0.1) is 5.92 Å². The molecule has 0 aromatic heterocycles. The van der Waals surface area contributed by atoms with Crippen molar-refractivity contribution in [1.82, 2.24) is 9.62 Å². The van der Waals surface area contributed by atoms with E-state index in [1.165, 1.54) is 4.31 Å². The molecular weight excluding hydrogens is 352 g/mol. The number of rotatable bonds is 6. The molecule has 1 N–H and O–H groups in total. The van der Waals surface area contributed by atoms with Crippen molar-refractivity contribution in [2.75, 3.05) is 20.2 Å². The summed E-state index contributed by atoms with van der Waals surface area (Å²) in [5.74, 6) is 1.05. The Morgan fingerprint density at radius 1 is 1.19 bits per heavy atom. The van der Waals surface area contributed by atoms with Gasteiger partial charge in [-0.25, -0.2) is 8.42 Å². The van der Waals surface area contributed by atoms with Crippen LogP contribution < -0.4 is 10.1 Å². The minimum absolute atomic E-state index is 0.0511. The van der Waals surface area contributed by atoms with Crippen LogP contribution in [-0.4, -0.2) is 44.9 Å². The van der Waals surface area contributed by atoms with Crippen LogP contribution in [0.5, 0.6) is 5.75 Å². The maximum absolute atomic E-state index is 12.7. The van der Waals surface area contributed by atoms with Crippen molar-refractivity contribution >= 4 is 15.9 Å². The van der Waals surface area contributed by atoms with Crippen LogP contribution in [-0.2, 0) is 14.8 Å². The Morgan fingerprint density at radius 2 is 1.88 bits per heavy atom. The molecule has 7 heteroatoms. The summed E-state index contributed by atoms with van der Waals surface area (Å²) in [7, 11) is -1.95. The van der Waals surface area contributed by atoms with Gasteiger partial charge in [-0.15, -0.1) is 0 Å². The number of methoxy groups -OCH3 is 1. The number of nitrogens with zero attached hydrogens (tertiary/aromatic N) is 1. The Morgan fingerprint density at radius 3 is 2.46 bits per heavy atom. The van der Waals surface area contributed by atoms with Gasteiger partial charge in [0.1, 0.15) is 5.75 Å². The summed E-state index contributed by atoms with van der Waals surface area (Å²) in [4.78, 5) is 12.4. The number of amides is 1. The molecule has 1 aromatic rings. The SMILES string of the molecule is COc1ccc(S(=O)(=O)N2CCC(NC(=O)CC3C=CCC3)CC2)cc1. The standard InChI is InChI=1S/C19H26N2O4S/c1-25-17-6-8-18(9-7-17)26(23,24)21-12-10-16(11-13-21)20-19(22)14-15-4-2-3-5-15/h2,4,6-9,15-16H,3,5,10-14H2,1H3,(H,20,22). The predicted molar refractivity (Wildman–Crippen MR) is 99.4 cm³/mol. The highest BCUT2D eigenvalue weighted by molar-refractivity contribution is 7.89. The molecular formula is C19H26N2O4S. The van der Waals surface area contributed by atoms with Crippen molar-refractivity contribution in [1.29, 1.82) is 0 Å². The fourth-order valence-electron chi connectivity index (χ4n) is 3.53. The fourth-order valence-corrected chi connectivity index (χ4v) is 5.00. The molecule has 2 aliphatic rings. The molecule has 1 aliphatic heterocycles. The molecule has 1 fully saturated rings. The van der Waals surface area contributed by atoms with Crippen LogP contribution >= 0.6 is 0 Å². The molecule has 1 aromatic carbocycles. The van der Waals surface area contributed by atoms with E-state index < -0.39 is 10.0 Å². The van der Waals surface area contributed by atoms with Gasteiger partial charge < -0.3 is 10.1 Å². The summed E-state index contributed by atoms with van der Waals surface area (Å²) >= 11 is 0. The van der Waals surface area contributed by atoms with Crippen molar-refractivity contribution < 1.29 is 17.9 Å². The zero-order chi connectivity index (χ0) is 18.6. The van der Waals surface area contributed by atoms with Gasteiger partial charge in [0.05, 0.1) is 12.0 Å². The van der Waals surface area contributed by atoms with Gasteiger partial charge in [0, 0.05) is 25.6 Å². The van der Waals surface area contributed by atoms with Crippen molar-refractivity contribution in [2.45, 2.75) is 43.0 Å². The molecule has 3 rings (SSSR count). The maximum atomic E-state index is 12.7. The minimum atomic E-state index is -3.50. The molecule has 1 heterocycles. The highest BCUT2D eigenvalue weighted by atomic mass is 32.2. The fraction of sp³-hybridized carbons (Fsp3) is 0.526. The monoisotopic (exact) mass is 378 g/mol. The average molecular weight is 378 g/mol. The lowest BCUT2D eigenvalue weighted by molar-refractivity contribution is -0.122. The van der Waals surface area contributed by atoms with E-state index >= 15 is 0 Å². The Balaban J connectivity index is 1.52. The van der Waals surface area contributed by atoms with E-state index in [2.05, 4.69) is 17.5 Å². The third-order valence-electron chi connectivity index (χ3n) is 5.08. The number of piperidine rings is 1. The van der Waals surface area contributed by atoms with E-state index in [0.717, 1.165) is 12.8 Å². The van der Waals surface area contributed by atoms with E-state index in [9.17, 15) is 13.2 Å². The molecule has 0 bridgehead atoms. The van der Waals surface area contributed by atoms with Crippen molar-refractivity contribution in [3.63, 3.8) is 0 Å². The van der Waals surface area contributed by atoms with Gasteiger partial charge in [-0.3, -0.25) is 4.79 Å². The number of benzene rings is 1. The van der Waals surface area contributed by atoms with Crippen molar-refractivity contribution in [3.05, 3.63) is 36.4 Å². The van der Waals surface area contributed by atoms with Gasteiger partial charge in [-0.05, 0) is 55.9 Å². The smallest absolute Gasteiger partial charge is 0.243 e. The molecule has 1 amide bonds. The first-order chi connectivity index (χ1) is 12.5. The second kappa shape index (κ2) is 8.22. The van der Waals surface area contributed by atoms with Crippen molar-refractivity contribution in [2.24, 2.45) is 5.92 Å². The topological polar surface area (TPSA) is 75.7 Å². The van der Waals surface area contributed by atoms with Gasteiger partial charge in [-0.2, -0.15) is 4.31 Å². The lowest BCUT2D eigenvalue weighted by Crippen LogP contribution is -2.46. The van der Waals surface area contributed by atoms with E-state index in [4.69, 9.17) is 4.74 Å². The minimum Gasteiger partial charge on any atom is -0.497 e. The first-order valence-corrected chi connectivity index (χ1v) is 10.5. The van der Waals surface area contributed by atoms with Crippen LogP contribution in [0.2, 0.25) is 0 Å². The Kier molecular flexibility index (Phi) is 5.98. The van der Waals surface area contributed by atoms with Crippen LogP contribution in [0.3, 0.4) is 0 Å². The van der Waals surface area contributed by atoms with Gasteiger partial charge >= 0.3 is 0 Å². The lowest BCUT2D eigenvalue weighted by Gasteiger charge is -2.31. The average Bonchev–Trinajstić information content (AvgIpc) is 3.15. The van der Waals surface area contributed by atoms with Gasteiger partial charge in [0.25, 0.3) is 0 Å².